The fourth-order valence-corrected chi connectivity index (χ4v) is 3.53. The number of benzene rings is 1. The lowest BCUT2D eigenvalue weighted by Gasteiger charge is -2.43. The van der Waals surface area contributed by atoms with Gasteiger partial charge in [0.15, 0.2) is 0 Å². The van der Waals surface area contributed by atoms with Crippen molar-refractivity contribution in [1.29, 1.82) is 0 Å². The van der Waals surface area contributed by atoms with Crippen LogP contribution in [0.5, 0.6) is 0 Å². The van der Waals surface area contributed by atoms with Crippen LogP contribution < -0.4 is 0 Å². The second-order valence-electron chi connectivity index (χ2n) is 6.01. The molecule has 0 bridgehead atoms. The van der Waals surface area contributed by atoms with Crippen LogP contribution in [-0.4, -0.2) is 53.7 Å². The standard InChI is InChI=1S/C14H10F10O5S/c1-9(15,16)11(17,18)13(21,22)14(23,24)12(19,20)10(8(25)26,30(27,28)29)7-5-3-2-4-6-7/h2-6H,1H3,(H,25,26)(H,27,28,29). The van der Waals surface area contributed by atoms with E-state index in [1.807, 2.05) is 0 Å². The SMILES string of the molecule is CC(F)(F)C(F)(F)C(F)(F)C(F)(F)C(F)(F)C(C(=O)O)(c1ccccc1)S(=O)(=O)O. The molecule has 2 N–H and O–H groups in total. The zero-order valence-corrected chi connectivity index (χ0v) is 15.0. The van der Waals surface area contributed by atoms with Gasteiger partial charge in [0.05, 0.1) is 0 Å². The maximum atomic E-state index is 14.6. The van der Waals surface area contributed by atoms with E-state index in [1.165, 1.54) is 0 Å². The highest BCUT2D eigenvalue weighted by atomic mass is 32.2. The Labute approximate surface area is 161 Å². The molecule has 0 spiro atoms. The number of alkyl halides is 10. The van der Waals surface area contributed by atoms with Crippen molar-refractivity contribution in [2.75, 3.05) is 0 Å². The van der Waals surface area contributed by atoms with Crippen LogP contribution in [0.15, 0.2) is 30.3 Å². The molecule has 0 aliphatic carbocycles. The van der Waals surface area contributed by atoms with Gasteiger partial charge in [0.25, 0.3) is 14.9 Å². The van der Waals surface area contributed by atoms with Crippen LogP contribution in [0.3, 0.4) is 0 Å². The maximum Gasteiger partial charge on any atom is 0.384 e. The first-order valence-corrected chi connectivity index (χ1v) is 8.64. The maximum absolute atomic E-state index is 14.6. The molecular weight excluding hydrogens is 470 g/mol. The van der Waals surface area contributed by atoms with Gasteiger partial charge in [-0.05, 0) is 5.56 Å². The number of hydrogen-bond donors (Lipinski definition) is 2. The predicted octanol–water partition coefficient (Wildman–Crippen LogP) is 4.05. The zero-order chi connectivity index (χ0) is 24.2. The molecule has 1 atom stereocenters. The van der Waals surface area contributed by atoms with Crippen LogP contribution in [0.1, 0.15) is 12.5 Å². The number of carboxylic acids is 1. The van der Waals surface area contributed by atoms with Crippen LogP contribution in [0.25, 0.3) is 0 Å². The molecular formula is C14H10F10O5S. The van der Waals surface area contributed by atoms with E-state index < -0.39 is 62.9 Å². The molecule has 172 valence electrons. The van der Waals surface area contributed by atoms with Gasteiger partial charge in [0.2, 0.25) is 0 Å². The van der Waals surface area contributed by atoms with Crippen molar-refractivity contribution in [3.05, 3.63) is 35.9 Å². The molecule has 5 nitrogen and oxygen atoms in total. The molecule has 0 saturated carbocycles. The Hall–Kier alpha value is -2.10. The lowest BCUT2D eigenvalue weighted by atomic mass is 9.83. The summed E-state index contributed by atoms with van der Waals surface area (Å²) in [6, 6.07) is 2.13. The summed E-state index contributed by atoms with van der Waals surface area (Å²) in [6.07, 6.45) is 0. The van der Waals surface area contributed by atoms with Crippen molar-refractivity contribution in [3.63, 3.8) is 0 Å². The van der Waals surface area contributed by atoms with Crippen molar-refractivity contribution < 1.29 is 66.8 Å². The molecule has 0 aliphatic heterocycles. The zero-order valence-electron chi connectivity index (χ0n) is 14.2. The topological polar surface area (TPSA) is 91.7 Å². The Bertz CT molecular complexity index is 911. The summed E-state index contributed by atoms with van der Waals surface area (Å²) in [7, 11) is -7.06. The van der Waals surface area contributed by atoms with Crippen LogP contribution in [0, 0.1) is 0 Å². The molecule has 0 heterocycles. The van der Waals surface area contributed by atoms with E-state index >= 15 is 0 Å². The summed E-state index contributed by atoms with van der Waals surface area (Å²) < 4.78 is 164. The van der Waals surface area contributed by atoms with Gasteiger partial charge < -0.3 is 5.11 Å². The van der Waals surface area contributed by atoms with Gasteiger partial charge in [-0.25, -0.2) is 4.79 Å². The fourth-order valence-electron chi connectivity index (χ4n) is 2.42. The number of hydrogen-bond acceptors (Lipinski definition) is 3. The molecule has 1 aromatic carbocycles. The number of carbonyl (C=O) groups is 1. The second kappa shape index (κ2) is 6.96. The average molecular weight is 480 g/mol. The van der Waals surface area contributed by atoms with Crippen LogP contribution in [-0.2, 0) is 19.7 Å². The first-order chi connectivity index (χ1) is 13.0. The highest BCUT2D eigenvalue weighted by Crippen LogP contribution is 2.62. The van der Waals surface area contributed by atoms with Gasteiger partial charge in [-0.1, -0.05) is 30.3 Å². The van der Waals surface area contributed by atoms with E-state index in [4.69, 9.17) is 9.66 Å². The van der Waals surface area contributed by atoms with Gasteiger partial charge in [-0.15, -0.1) is 0 Å². The average Bonchev–Trinajstić information content (AvgIpc) is 2.52. The minimum atomic E-state index is -7.76. The molecule has 0 radical (unpaired) electrons. The summed E-state index contributed by atoms with van der Waals surface area (Å²) >= 11 is 0. The quantitative estimate of drug-likeness (QED) is 0.433. The van der Waals surface area contributed by atoms with Crippen LogP contribution >= 0.6 is 0 Å². The van der Waals surface area contributed by atoms with Crippen molar-refractivity contribution in [2.45, 2.75) is 41.3 Å². The summed E-state index contributed by atoms with van der Waals surface area (Å²) in [6.45, 7) is -1.01. The number of rotatable bonds is 8. The molecule has 30 heavy (non-hydrogen) atoms. The van der Waals surface area contributed by atoms with E-state index in [9.17, 15) is 57.1 Å². The summed E-state index contributed by atoms with van der Waals surface area (Å²) in [5, 5.41) is 9.01. The third kappa shape index (κ3) is 3.11. The van der Waals surface area contributed by atoms with E-state index in [1.54, 1.807) is 0 Å². The lowest BCUT2D eigenvalue weighted by Crippen LogP contribution is -2.73. The molecule has 0 aliphatic rings. The van der Waals surface area contributed by atoms with Gasteiger partial charge in [0.1, 0.15) is 0 Å². The number of halogens is 10. The van der Waals surface area contributed by atoms with Crippen molar-refractivity contribution in [2.24, 2.45) is 0 Å². The summed E-state index contributed by atoms with van der Waals surface area (Å²) in [4.78, 5) is 11.4. The van der Waals surface area contributed by atoms with E-state index in [0.29, 0.717) is 12.1 Å². The van der Waals surface area contributed by atoms with Crippen molar-refractivity contribution >= 4 is 16.1 Å². The molecule has 1 aromatic rings. The van der Waals surface area contributed by atoms with E-state index in [2.05, 4.69) is 0 Å². The minimum absolute atomic E-state index is 0.0661. The van der Waals surface area contributed by atoms with E-state index in [-0.39, 0.29) is 12.1 Å². The largest absolute Gasteiger partial charge is 0.480 e. The second-order valence-corrected chi connectivity index (χ2v) is 7.58. The Morgan fingerprint density at radius 2 is 1.13 bits per heavy atom. The van der Waals surface area contributed by atoms with Crippen molar-refractivity contribution in [1.82, 2.24) is 0 Å². The number of carboxylic acid groups (broad SMARTS) is 1. The van der Waals surface area contributed by atoms with Crippen molar-refractivity contribution in [3.8, 4) is 0 Å². The fraction of sp³-hybridized carbons (Fsp3) is 0.500. The Balaban J connectivity index is 4.10. The third-order valence-electron chi connectivity index (χ3n) is 4.04. The molecule has 0 fully saturated rings. The molecule has 1 rings (SSSR count). The minimum Gasteiger partial charge on any atom is -0.480 e. The molecule has 0 aromatic heterocycles. The Morgan fingerprint density at radius 3 is 1.43 bits per heavy atom. The normalized spacial score (nSPS) is 16.8. The van der Waals surface area contributed by atoms with Crippen LogP contribution in [0.2, 0.25) is 0 Å². The Kier molecular flexibility index (Phi) is 6.02. The third-order valence-corrected chi connectivity index (χ3v) is 5.49. The van der Waals surface area contributed by atoms with E-state index in [0.717, 1.165) is 6.07 Å². The van der Waals surface area contributed by atoms with Gasteiger partial charge in [-0.3, -0.25) is 4.55 Å². The monoisotopic (exact) mass is 480 g/mol. The predicted molar refractivity (Wildman–Crippen MR) is 77.7 cm³/mol. The summed E-state index contributed by atoms with van der Waals surface area (Å²) in [5.41, 5.74) is -1.95. The van der Waals surface area contributed by atoms with Gasteiger partial charge >= 0.3 is 35.6 Å². The first kappa shape index (κ1) is 25.9. The smallest absolute Gasteiger partial charge is 0.384 e. The lowest BCUT2D eigenvalue weighted by molar-refractivity contribution is -0.402. The molecule has 0 amide bonds. The van der Waals surface area contributed by atoms with Crippen LogP contribution in [0.4, 0.5) is 43.9 Å². The first-order valence-electron chi connectivity index (χ1n) is 7.20. The highest BCUT2D eigenvalue weighted by Gasteiger charge is 2.91. The molecule has 0 saturated heterocycles. The Morgan fingerprint density at radius 1 is 0.767 bits per heavy atom. The van der Waals surface area contributed by atoms with Gasteiger partial charge in [-0.2, -0.15) is 52.3 Å². The highest BCUT2D eigenvalue weighted by molar-refractivity contribution is 7.87. The summed E-state index contributed by atoms with van der Waals surface area (Å²) in [5.74, 6) is -39.6. The van der Waals surface area contributed by atoms with Gasteiger partial charge in [0, 0.05) is 6.92 Å². The molecule has 16 heteroatoms. The molecule has 1 unspecified atom stereocenters. The number of aliphatic carboxylic acids is 1.